The Morgan fingerprint density at radius 1 is 1.31 bits per heavy atom. The summed E-state index contributed by atoms with van der Waals surface area (Å²) in [5, 5.41) is 0. The Balaban J connectivity index is 2.14. The molecule has 16 heavy (non-hydrogen) atoms. The summed E-state index contributed by atoms with van der Waals surface area (Å²) >= 11 is 0. The van der Waals surface area contributed by atoms with Crippen molar-refractivity contribution >= 4 is 0 Å². The Kier molecular flexibility index (Phi) is 2.74. The molecule has 0 aliphatic heterocycles. The molecule has 0 spiro atoms. The first-order valence-corrected chi connectivity index (χ1v) is 5.46. The number of pyridine rings is 1. The summed E-state index contributed by atoms with van der Waals surface area (Å²) in [5.41, 5.74) is -0.391. The maximum absolute atomic E-state index is 13.2. The van der Waals surface area contributed by atoms with Crippen LogP contribution in [0.3, 0.4) is 0 Å². The van der Waals surface area contributed by atoms with Crippen molar-refractivity contribution in [1.82, 2.24) is 4.98 Å². The lowest BCUT2D eigenvalue weighted by atomic mass is 10.2. The fourth-order valence-corrected chi connectivity index (χ4v) is 1.26. The van der Waals surface area contributed by atoms with Crippen LogP contribution < -0.4 is 9.47 Å². The van der Waals surface area contributed by atoms with Crippen LogP contribution >= 0.6 is 0 Å². The van der Waals surface area contributed by atoms with Gasteiger partial charge in [0.05, 0.1) is 6.10 Å². The highest BCUT2D eigenvalue weighted by atomic mass is 19.1. The second kappa shape index (κ2) is 3.92. The van der Waals surface area contributed by atoms with Crippen LogP contribution in [0.1, 0.15) is 33.6 Å². The van der Waals surface area contributed by atoms with E-state index in [9.17, 15) is 4.39 Å². The van der Waals surface area contributed by atoms with E-state index in [4.69, 9.17) is 9.47 Å². The number of rotatable bonds is 3. The van der Waals surface area contributed by atoms with Crippen molar-refractivity contribution in [3.05, 3.63) is 18.1 Å². The Labute approximate surface area is 94.6 Å². The van der Waals surface area contributed by atoms with Gasteiger partial charge in [-0.2, -0.15) is 9.37 Å². The van der Waals surface area contributed by atoms with Gasteiger partial charge in [0.25, 0.3) is 0 Å². The molecular weight excluding hydrogens is 209 g/mol. The monoisotopic (exact) mass is 225 g/mol. The van der Waals surface area contributed by atoms with Gasteiger partial charge in [0, 0.05) is 12.1 Å². The molecule has 1 aromatic heterocycles. The van der Waals surface area contributed by atoms with Gasteiger partial charge in [-0.1, -0.05) is 0 Å². The van der Waals surface area contributed by atoms with E-state index >= 15 is 0 Å². The van der Waals surface area contributed by atoms with Gasteiger partial charge in [-0.3, -0.25) is 0 Å². The summed E-state index contributed by atoms with van der Waals surface area (Å²) in [7, 11) is 0. The first kappa shape index (κ1) is 11.2. The quantitative estimate of drug-likeness (QED) is 0.741. The molecule has 1 fully saturated rings. The molecule has 0 saturated heterocycles. The lowest BCUT2D eigenvalue weighted by Crippen LogP contribution is -2.23. The standard InChI is InChI=1S/C12H16FNO2/c1-12(2,3)16-11-7-9(6-10(13)14-11)15-8-4-5-8/h6-8H,4-5H2,1-3H3. The van der Waals surface area contributed by atoms with Crippen molar-refractivity contribution in [3.8, 4) is 11.6 Å². The lowest BCUT2D eigenvalue weighted by molar-refractivity contribution is 0.122. The minimum atomic E-state index is -0.572. The fourth-order valence-electron chi connectivity index (χ4n) is 1.26. The largest absolute Gasteiger partial charge is 0.490 e. The fraction of sp³-hybridized carbons (Fsp3) is 0.583. The lowest BCUT2D eigenvalue weighted by Gasteiger charge is -2.20. The average Bonchev–Trinajstić information content (AvgIpc) is 2.82. The number of aromatic nitrogens is 1. The predicted molar refractivity (Wildman–Crippen MR) is 58.2 cm³/mol. The highest BCUT2D eigenvalue weighted by Gasteiger charge is 2.24. The van der Waals surface area contributed by atoms with Gasteiger partial charge >= 0.3 is 0 Å². The van der Waals surface area contributed by atoms with Crippen LogP contribution in [-0.2, 0) is 0 Å². The van der Waals surface area contributed by atoms with Gasteiger partial charge in [0.15, 0.2) is 0 Å². The third-order valence-corrected chi connectivity index (χ3v) is 1.98. The zero-order chi connectivity index (χ0) is 11.8. The van der Waals surface area contributed by atoms with E-state index in [-0.39, 0.29) is 12.0 Å². The van der Waals surface area contributed by atoms with E-state index < -0.39 is 11.5 Å². The molecule has 1 aromatic rings. The maximum Gasteiger partial charge on any atom is 0.220 e. The van der Waals surface area contributed by atoms with Crippen LogP contribution in [0, 0.1) is 5.95 Å². The third-order valence-electron chi connectivity index (χ3n) is 1.98. The molecule has 88 valence electrons. The first-order valence-electron chi connectivity index (χ1n) is 5.46. The second-order valence-corrected chi connectivity index (χ2v) is 5.00. The van der Waals surface area contributed by atoms with E-state index in [2.05, 4.69) is 4.98 Å². The molecule has 1 heterocycles. The van der Waals surface area contributed by atoms with Gasteiger partial charge in [0.1, 0.15) is 11.4 Å². The molecule has 0 atom stereocenters. The van der Waals surface area contributed by atoms with E-state index in [1.807, 2.05) is 20.8 Å². The van der Waals surface area contributed by atoms with E-state index in [1.165, 1.54) is 6.07 Å². The van der Waals surface area contributed by atoms with Gasteiger partial charge in [-0.05, 0) is 33.6 Å². The maximum atomic E-state index is 13.2. The van der Waals surface area contributed by atoms with Crippen LogP contribution in [-0.4, -0.2) is 16.7 Å². The Morgan fingerprint density at radius 2 is 2.00 bits per heavy atom. The van der Waals surface area contributed by atoms with Crippen molar-refractivity contribution in [2.24, 2.45) is 0 Å². The zero-order valence-corrected chi connectivity index (χ0v) is 9.79. The smallest absolute Gasteiger partial charge is 0.220 e. The molecule has 0 amide bonds. The molecule has 0 N–H and O–H groups in total. The number of hydrogen-bond acceptors (Lipinski definition) is 3. The Hall–Kier alpha value is -1.32. The summed E-state index contributed by atoms with van der Waals surface area (Å²) in [6.45, 7) is 5.67. The van der Waals surface area contributed by atoms with Crippen LogP contribution in [0.15, 0.2) is 12.1 Å². The van der Waals surface area contributed by atoms with Gasteiger partial charge < -0.3 is 9.47 Å². The number of nitrogens with zero attached hydrogens (tertiary/aromatic N) is 1. The Morgan fingerprint density at radius 3 is 2.56 bits per heavy atom. The van der Waals surface area contributed by atoms with Crippen molar-refractivity contribution < 1.29 is 13.9 Å². The SMILES string of the molecule is CC(C)(C)Oc1cc(OC2CC2)cc(F)n1. The normalized spacial score (nSPS) is 16.0. The van der Waals surface area contributed by atoms with Crippen LogP contribution in [0.5, 0.6) is 11.6 Å². The highest BCUT2D eigenvalue weighted by molar-refractivity contribution is 5.27. The number of hydrogen-bond donors (Lipinski definition) is 0. The van der Waals surface area contributed by atoms with E-state index in [0.29, 0.717) is 5.75 Å². The van der Waals surface area contributed by atoms with Crippen LogP contribution in [0.4, 0.5) is 4.39 Å². The molecule has 1 saturated carbocycles. The molecule has 3 nitrogen and oxygen atoms in total. The summed E-state index contributed by atoms with van der Waals surface area (Å²) in [6.07, 6.45) is 2.32. The van der Waals surface area contributed by atoms with Gasteiger partial charge in [0.2, 0.25) is 11.8 Å². The van der Waals surface area contributed by atoms with Crippen molar-refractivity contribution in [3.63, 3.8) is 0 Å². The summed E-state index contributed by atoms with van der Waals surface area (Å²) < 4.78 is 24.2. The van der Waals surface area contributed by atoms with Crippen LogP contribution in [0.25, 0.3) is 0 Å². The topological polar surface area (TPSA) is 31.4 Å². The molecule has 0 aromatic carbocycles. The van der Waals surface area contributed by atoms with Gasteiger partial charge in [-0.15, -0.1) is 0 Å². The first-order chi connectivity index (χ1) is 7.42. The molecule has 2 rings (SSSR count). The predicted octanol–water partition coefficient (Wildman–Crippen LogP) is 2.94. The average molecular weight is 225 g/mol. The summed E-state index contributed by atoms with van der Waals surface area (Å²) in [5.74, 6) is 0.190. The number of ether oxygens (including phenoxy) is 2. The van der Waals surface area contributed by atoms with Crippen molar-refractivity contribution in [2.45, 2.75) is 45.3 Å². The molecule has 1 aliphatic rings. The summed E-state index contributed by atoms with van der Waals surface area (Å²) in [6, 6.07) is 2.92. The van der Waals surface area contributed by atoms with Crippen LogP contribution in [0.2, 0.25) is 0 Å². The zero-order valence-electron chi connectivity index (χ0n) is 9.79. The van der Waals surface area contributed by atoms with Crippen molar-refractivity contribution in [2.75, 3.05) is 0 Å². The molecule has 1 aliphatic carbocycles. The second-order valence-electron chi connectivity index (χ2n) is 5.00. The third kappa shape index (κ3) is 3.36. The Bertz CT molecular complexity index is 383. The number of halogens is 1. The molecule has 0 bridgehead atoms. The molecule has 0 radical (unpaired) electrons. The van der Waals surface area contributed by atoms with E-state index in [1.54, 1.807) is 6.07 Å². The van der Waals surface area contributed by atoms with E-state index in [0.717, 1.165) is 12.8 Å². The van der Waals surface area contributed by atoms with Crippen molar-refractivity contribution in [1.29, 1.82) is 0 Å². The van der Waals surface area contributed by atoms with Gasteiger partial charge in [-0.25, -0.2) is 0 Å². The summed E-state index contributed by atoms with van der Waals surface area (Å²) in [4.78, 5) is 3.68. The molecular formula is C12H16FNO2. The molecule has 4 heteroatoms. The molecule has 0 unspecified atom stereocenters. The minimum absolute atomic E-state index is 0.240. The minimum Gasteiger partial charge on any atom is -0.490 e. The highest BCUT2D eigenvalue weighted by Crippen LogP contribution is 2.29.